The summed E-state index contributed by atoms with van der Waals surface area (Å²) in [5, 5.41) is 6.70. The van der Waals surface area contributed by atoms with Gasteiger partial charge in [0.1, 0.15) is 11.9 Å². The van der Waals surface area contributed by atoms with Gasteiger partial charge in [0.2, 0.25) is 0 Å². The molecule has 28 heavy (non-hydrogen) atoms. The third-order valence-electron chi connectivity index (χ3n) is 4.42. The summed E-state index contributed by atoms with van der Waals surface area (Å²) in [5.41, 5.74) is 3.39. The van der Waals surface area contributed by atoms with Crippen molar-refractivity contribution in [3.05, 3.63) is 78.4 Å². The fourth-order valence-corrected chi connectivity index (χ4v) is 2.90. The van der Waals surface area contributed by atoms with Crippen LogP contribution in [0.5, 0.6) is 5.75 Å². The van der Waals surface area contributed by atoms with E-state index >= 15 is 0 Å². The predicted molar refractivity (Wildman–Crippen MR) is 113 cm³/mol. The number of imidazole rings is 1. The Morgan fingerprint density at radius 2 is 1.93 bits per heavy atom. The second-order valence-electron chi connectivity index (χ2n) is 6.60. The molecule has 0 radical (unpaired) electrons. The van der Waals surface area contributed by atoms with Crippen LogP contribution in [0.3, 0.4) is 0 Å². The second kappa shape index (κ2) is 9.60. The van der Waals surface area contributed by atoms with Crippen LogP contribution >= 0.6 is 0 Å². The molecule has 6 nitrogen and oxygen atoms in total. The van der Waals surface area contributed by atoms with Gasteiger partial charge in [-0.3, -0.25) is 4.99 Å². The lowest BCUT2D eigenvalue weighted by Gasteiger charge is -2.19. The topological polar surface area (TPSA) is 63.5 Å². The molecule has 6 heteroatoms. The highest BCUT2D eigenvalue weighted by molar-refractivity contribution is 5.79. The molecule has 2 N–H and O–H groups in total. The van der Waals surface area contributed by atoms with Gasteiger partial charge in [0.15, 0.2) is 5.96 Å². The Hall–Kier alpha value is -3.28. The van der Waals surface area contributed by atoms with Crippen molar-refractivity contribution < 1.29 is 4.74 Å². The molecule has 1 unspecified atom stereocenters. The van der Waals surface area contributed by atoms with Crippen molar-refractivity contribution >= 4 is 5.96 Å². The van der Waals surface area contributed by atoms with Crippen LogP contribution in [-0.4, -0.2) is 35.2 Å². The molecule has 146 valence electrons. The van der Waals surface area contributed by atoms with Crippen LogP contribution in [-0.2, 0) is 6.54 Å². The number of nitrogens with one attached hydrogen (secondary N) is 2. The Labute approximate surface area is 166 Å². The molecule has 0 amide bonds. The first-order chi connectivity index (χ1) is 13.7. The summed E-state index contributed by atoms with van der Waals surface area (Å²) in [6, 6.07) is 16.3. The minimum absolute atomic E-state index is 0.0119. The molecule has 3 aromatic rings. The molecule has 0 fully saturated rings. The first-order valence-electron chi connectivity index (χ1n) is 9.40. The molecule has 3 rings (SSSR count). The zero-order valence-electron chi connectivity index (χ0n) is 16.6. The van der Waals surface area contributed by atoms with E-state index in [9.17, 15) is 0 Å². The van der Waals surface area contributed by atoms with E-state index in [1.54, 1.807) is 19.6 Å². The Balaban J connectivity index is 1.54. The highest BCUT2D eigenvalue weighted by Gasteiger charge is 2.08. The second-order valence-corrected chi connectivity index (χ2v) is 6.60. The number of para-hydroxylation sites is 2. The number of benzene rings is 2. The Bertz CT molecular complexity index is 905. The number of aryl methyl sites for hydroxylation is 1. The maximum Gasteiger partial charge on any atom is 0.191 e. The number of ether oxygens (including phenoxy) is 1. The molecular weight excluding hydrogens is 350 g/mol. The number of aromatic nitrogens is 2. The van der Waals surface area contributed by atoms with Crippen LogP contribution in [0.1, 0.15) is 18.1 Å². The summed E-state index contributed by atoms with van der Waals surface area (Å²) in [6.45, 7) is 5.40. The molecule has 2 aromatic carbocycles. The van der Waals surface area contributed by atoms with Crippen molar-refractivity contribution in [1.82, 2.24) is 20.2 Å². The van der Waals surface area contributed by atoms with E-state index in [-0.39, 0.29) is 6.10 Å². The van der Waals surface area contributed by atoms with Crippen molar-refractivity contribution in [3.8, 4) is 11.4 Å². The van der Waals surface area contributed by atoms with Gasteiger partial charge in [0.25, 0.3) is 0 Å². The summed E-state index contributed by atoms with van der Waals surface area (Å²) in [4.78, 5) is 8.44. The van der Waals surface area contributed by atoms with Crippen molar-refractivity contribution in [2.24, 2.45) is 4.99 Å². The van der Waals surface area contributed by atoms with Crippen LogP contribution in [0.15, 0.2) is 72.2 Å². The van der Waals surface area contributed by atoms with E-state index in [2.05, 4.69) is 32.7 Å². The van der Waals surface area contributed by atoms with E-state index in [0.29, 0.717) is 13.1 Å². The highest BCUT2D eigenvalue weighted by atomic mass is 16.5. The number of hydrogen-bond donors (Lipinski definition) is 2. The quantitative estimate of drug-likeness (QED) is 0.490. The lowest BCUT2D eigenvalue weighted by molar-refractivity contribution is 0.222. The van der Waals surface area contributed by atoms with Gasteiger partial charge in [-0.05, 0) is 37.1 Å². The Morgan fingerprint density at radius 1 is 1.14 bits per heavy atom. The van der Waals surface area contributed by atoms with Gasteiger partial charge >= 0.3 is 0 Å². The Morgan fingerprint density at radius 3 is 2.68 bits per heavy atom. The smallest absolute Gasteiger partial charge is 0.191 e. The van der Waals surface area contributed by atoms with E-state index < -0.39 is 0 Å². The van der Waals surface area contributed by atoms with E-state index in [0.717, 1.165) is 28.5 Å². The summed E-state index contributed by atoms with van der Waals surface area (Å²) < 4.78 is 8.02. The van der Waals surface area contributed by atoms with Gasteiger partial charge in [-0.25, -0.2) is 4.98 Å². The molecule has 1 heterocycles. The molecule has 0 aliphatic heterocycles. The predicted octanol–water partition coefficient (Wildman–Crippen LogP) is 3.31. The average molecular weight is 377 g/mol. The molecule has 0 saturated carbocycles. The van der Waals surface area contributed by atoms with Gasteiger partial charge in [0, 0.05) is 26.0 Å². The van der Waals surface area contributed by atoms with Crippen LogP contribution in [0.25, 0.3) is 5.69 Å². The average Bonchev–Trinajstić information content (AvgIpc) is 3.25. The summed E-state index contributed by atoms with van der Waals surface area (Å²) in [5.74, 6) is 1.65. The molecule has 0 aliphatic rings. The zero-order valence-corrected chi connectivity index (χ0v) is 16.6. The molecule has 1 aromatic heterocycles. The van der Waals surface area contributed by atoms with E-state index in [1.807, 2.05) is 61.0 Å². The largest absolute Gasteiger partial charge is 0.489 e. The number of aliphatic imine (C=N–C) groups is 1. The third-order valence-corrected chi connectivity index (χ3v) is 4.42. The maximum atomic E-state index is 6.02. The number of guanidine groups is 1. The highest BCUT2D eigenvalue weighted by Crippen LogP contribution is 2.17. The number of rotatable bonds is 7. The third kappa shape index (κ3) is 5.13. The minimum atomic E-state index is 0.0119. The van der Waals surface area contributed by atoms with Crippen molar-refractivity contribution in [1.29, 1.82) is 0 Å². The molecule has 0 aliphatic carbocycles. The first-order valence-corrected chi connectivity index (χ1v) is 9.40. The summed E-state index contributed by atoms with van der Waals surface area (Å²) >= 11 is 0. The van der Waals surface area contributed by atoms with Gasteiger partial charge < -0.3 is 19.9 Å². The van der Waals surface area contributed by atoms with Crippen LogP contribution in [0.4, 0.5) is 0 Å². The van der Waals surface area contributed by atoms with Crippen molar-refractivity contribution in [3.63, 3.8) is 0 Å². The van der Waals surface area contributed by atoms with E-state index in [1.165, 1.54) is 0 Å². The lowest BCUT2D eigenvalue weighted by atomic mass is 10.1. The SMILES string of the molecule is CN=C(NCc1ccccc1-n1ccnc1)NCC(C)Oc1ccccc1C. The van der Waals surface area contributed by atoms with Crippen LogP contribution < -0.4 is 15.4 Å². The van der Waals surface area contributed by atoms with Gasteiger partial charge in [0.05, 0.1) is 18.6 Å². The monoisotopic (exact) mass is 377 g/mol. The fraction of sp³-hybridized carbons (Fsp3) is 0.273. The minimum Gasteiger partial charge on any atom is -0.489 e. The van der Waals surface area contributed by atoms with Crippen molar-refractivity contribution in [2.75, 3.05) is 13.6 Å². The van der Waals surface area contributed by atoms with Gasteiger partial charge in [-0.1, -0.05) is 36.4 Å². The standard InChI is InChI=1S/C22H27N5O/c1-17-8-4-7-11-21(17)28-18(2)14-25-22(23-3)26-15-19-9-5-6-10-20(19)27-13-12-24-16-27/h4-13,16,18H,14-15H2,1-3H3,(H2,23,25,26). The van der Waals surface area contributed by atoms with Gasteiger partial charge in [-0.2, -0.15) is 0 Å². The molecule has 0 saturated heterocycles. The Kier molecular flexibility index (Phi) is 6.68. The first kappa shape index (κ1) is 19.5. The molecule has 0 spiro atoms. The number of nitrogens with zero attached hydrogens (tertiary/aromatic N) is 3. The molecule has 0 bridgehead atoms. The van der Waals surface area contributed by atoms with Gasteiger partial charge in [-0.15, -0.1) is 0 Å². The summed E-state index contributed by atoms with van der Waals surface area (Å²) in [6.07, 6.45) is 5.53. The number of hydrogen-bond acceptors (Lipinski definition) is 3. The zero-order chi connectivity index (χ0) is 19.8. The van der Waals surface area contributed by atoms with E-state index in [4.69, 9.17) is 4.74 Å². The van der Waals surface area contributed by atoms with Crippen LogP contribution in [0, 0.1) is 6.92 Å². The van der Waals surface area contributed by atoms with Crippen LogP contribution in [0.2, 0.25) is 0 Å². The molecule has 1 atom stereocenters. The normalized spacial score (nSPS) is 12.5. The fourth-order valence-electron chi connectivity index (χ4n) is 2.90. The lowest BCUT2D eigenvalue weighted by Crippen LogP contribution is -2.41. The maximum absolute atomic E-state index is 6.02. The van der Waals surface area contributed by atoms with Crippen molar-refractivity contribution in [2.45, 2.75) is 26.5 Å². The molecular formula is C22H27N5O. The summed E-state index contributed by atoms with van der Waals surface area (Å²) in [7, 11) is 1.77.